The van der Waals surface area contributed by atoms with Crippen molar-refractivity contribution in [1.82, 2.24) is 19.9 Å². The number of nitrogens with one attached hydrogen (secondary N) is 1. The van der Waals surface area contributed by atoms with Gasteiger partial charge >= 0.3 is 0 Å². The summed E-state index contributed by atoms with van der Waals surface area (Å²) in [4.78, 5) is 30.9. The maximum Gasteiger partial charge on any atom is 0.259 e. The molecular formula is C27H20N6O2S. The van der Waals surface area contributed by atoms with Gasteiger partial charge in [0.2, 0.25) is 0 Å². The van der Waals surface area contributed by atoms with Gasteiger partial charge in [-0.25, -0.2) is 4.98 Å². The van der Waals surface area contributed by atoms with E-state index in [-0.39, 0.29) is 5.91 Å². The first-order valence-electron chi connectivity index (χ1n) is 11.0. The zero-order valence-electron chi connectivity index (χ0n) is 19.7. The van der Waals surface area contributed by atoms with Crippen molar-refractivity contribution in [3.05, 3.63) is 83.6 Å². The lowest BCUT2D eigenvalue weighted by Crippen LogP contribution is -2.14. The largest absolute Gasteiger partial charge is 0.496 e. The average molecular weight is 493 g/mol. The van der Waals surface area contributed by atoms with Crippen LogP contribution in [0.1, 0.15) is 27.3 Å². The van der Waals surface area contributed by atoms with E-state index in [1.54, 1.807) is 43.8 Å². The molecule has 0 saturated heterocycles. The molecule has 0 saturated carbocycles. The third-order valence-corrected chi connectivity index (χ3v) is 6.51. The number of nitrogens with zero attached hydrogens (tertiary/aromatic N) is 5. The summed E-state index contributed by atoms with van der Waals surface area (Å²) in [5.41, 5.74) is 6.22. The highest BCUT2D eigenvalue weighted by Crippen LogP contribution is 2.35. The molecule has 0 radical (unpaired) electrons. The lowest BCUT2D eigenvalue weighted by atomic mass is 9.97. The number of thiazole rings is 1. The summed E-state index contributed by atoms with van der Waals surface area (Å²) in [6.07, 6.45) is 5.05. The number of anilines is 1. The number of nitriles is 1. The summed E-state index contributed by atoms with van der Waals surface area (Å²) in [5, 5.41) is 12.7. The van der Waals surface area contributed by atoms with Crippen LogP contribution in [-0.2, 0) is 0 Å². The van der Waals surface area contributed by atoms with Gasteiger partial charge < -0.3 is 4.74 Å². The van der Waals surface area contributed by atoms with E-state index in [4.69, 9.17) is 4.74 Å². The van der Waals surface area contributed by atoms with Crippen LogP contribution in [0, 0.1) is 25.2 Å². The molecule has 4 aromatic heterocycles. The van der Waals surface area contributed by atoms with Gasteiger partial charge in [-0.3, -0.25) is 20.1 Å². The Morgan fingerprint density at radius 1 is 0.972 bits per heavy atom. The number of ether oxygens (including phenoxy) is 1. The molecule has 1 aromatic carbocycles. The second kappa shape index (κ2) is 9.52. The Bertz CT molecular complexity index is 1670. The number of benzene rings is 1. The SMILES string of the molecule is COc1ccc(C#N)cc1-c1cc(C)ncc1C(=O)Nc1nc2ncc(-c3ccnc(C)c3)cc2s1. The number of amides is 1. The van der Waals surface area contributed by atoms with Crippen LogP contribution in [-0.4, -0.2) is 33.0 Å². The summed E-state index contributed by atoms with van der Waals surface area (Å²) < 4.78 is 6.35. The van der Waals surface area contributed by atoms with E-state index in [0.717, 1.165) is 27.2 Å². The molecule has 36 heavy (non-hydrogen) atoms. The minimum atomic E-state index is -0.369. The van der Waals surface area contributed by atoms with E-state index < -0.39 is 0 Å². The van der Waals surface area contributed by atoms with Crippen LogP contribution >= 0.6 is 11.3 Å². The lowest BCUT2D eigenvalue weighted by molar-refractivity contribution is 0.102. The number of aromatic nitrogens is 4. The first-order chi connectivity index (χ1) is 17.4. The van der Waals surface area contributed by atoms with Crippen LogP contribution in [0.25, 0.3) is 32.6 Å². The molecule has 0 spiro atoms. The van der Waals surface area contributed by atoms with Gasteiger partial charge in [0.05, 0.1) is 29.0 Å². The van der Waals surface area contributed by atoms with Crippen molar-refractivity contribution in [3.63, 3.8) is 0 Å². The summed E-state index contributed by atoms with van der Waals surface area (Å²) in [6, 6.07) is 15.0. The van der Waals surface area contributed by atoms with Crippen LogP contribution in [0.3, 0.4) is 0 Å². The van der Waals surface area contributed by atoms with Gasteiger partial charge in [-0.1, -0.05) is 11.3 Å². The average Bonchev–Trinajstić information content (AvgIpc) is 3.29. The Morgan fingerprint density at radius 3 is 2.58 bits per heavy atom. The quantitative estimate of drug-likeness (QED) is 0.341. The van der Waals surface area contributed by atoms with Gasteiger partial charge in [0, 0.05) is 46.7 Å². The van der Waals surface area contributed by atoms with E-state index in [2.05, 4.69) is 31.3 Å². The number of fused-ring (bicyclic) bond motifs is 1. The van der Waals surface area contributed by atoms with Crippen molar-refractivity contribution in [1.29, 1.82) is 5.26 Å². The first-order valence-corrected chi connectivity index (χ1v) is 11.8. The Balaban J connectivity index is 1.49. The molecule has 5 aromatic rings. The van der Waals surface area contributed by atoms with Crippen LogP contribution in [0.4, 0.5) is 5.13 Å². The van der Waals surface area contributed by atoms with Gasteiger partial charge in [0.15, 0.2) is 10.8 Å². The molecule has 9 heteroatoms. The van der Waals surface area contributed by atoms with Crippen LogP contribution in [0.2, 0.25) is 0 Å². The third-order valence-electron chi connectivity index (χ3n) is 5.60. The molecule has 4 heterocycles. The Hall–Kier alpha value is -4.68. The summed E-state index contributed by atoms with van der Waals surface area (Å²) in [5.74, 6) is 0.183. The molecule has 5 rings (SSSR count). The zero-order valence-corrected chi connectivity index (χ0v) is 20.6. The van der Waals surface area contributed by atoms with Crippen LogP contribution in [0.5, 0.6) is 5.75 Å². The fraction of sp³-hybridized carbons (Fsp3) is 0.111. The summed E-state index contributed by atoms with van der Waals surface area (Å²) in [6.45, 7) is 3.78. The van der Waals surface area contributed by atoms with Gasteiger partial charge in [0.1, 0.15) is 5.75 Å². The van der Waals surface area contributed by atoms with Gasteiger partial charge in [-0.2, -0.15) is 10.2 Å². The van der Waals surface area contributed by atoms with Crippen molar-refractivity contribution in [3.8, 4) is 34.1 Å². The molecule has 0 aliphatic carbocycles. The number of aryl methyl sites for hydroxylation is 2. The predicted molar refractivity (Wildman–Crippen MR) is 139 cm³/mol. The third kappa shape index (κ3) is 4.50. The number of carbonyl (C=O) groups is 1. The molecule has 0 aliphatic rings. The summed E-state index contributed by atoms with van der Waals surface area (Å²) >= 11 is 1.34. The smallest absolute Gasteiger partial charge is 0.259 e. The van der Waals surface area contributed by atoms with Crippen LogP contribution < -0.4 is 10.1 Å². The van der Waals surface area contributed by atoms with E-state index in [0.29, 0.717) is 38.8 Å². The molecule has 0 unspecified atom stereocenters. The van der Waals surface area contributed by atoms with Crippen molar-refractivity contribution in [2.24, 2.45) is 0 Å². The highest BCUT2D eigenvalue weighted by atomic mass is 32.1. The molecule has 1 amide bonds. The van der Waals surface area contributed by atoms with E-state index in [1.165, 1.54) is 17.5 Å². The van der Waals surface area contributed by atoms with Gasteiger partial charge in [-0.15, -0.1) is 0 Å². The number of hydrogen-bond acceptors (Lipinski definition) is 8. The van der Waals surface area contributed by atoms with Crippen molar-refractivity contribution in [2.75, 3.05) is 12.4 Å². The monoisotopic (exact) mass is 492 g/mol. The summed E-state index contributed by atoms with van der Waals surface area (Å²) in [7, 11) is 1.55. The number of rotatable bonds is 5. The van der Waals surface area contributed by atoms with E-state index >= 15 is 0 Å². The van der Waals surface area contributed by atoms with Crippen molar-refractivity contribution < 1.29 is 9.53 Å². The number of carbonyl (C=O) groups excluding carboxylic acids is 1. The highest BCUT2D eigenvalue weighted by molar-refractivity contribution is 7.22. The minimum absolute atomic E-state index is 0.342. The first kappa shape index (κ1) is 23.1. The molecule has 0 atom stereocenters. The van der Waals surface area contributed by atoms with E-state index in [1.807, 2.05) is 32.0 Å². The number of methoxy groups -OCH3 is 1. The maximum atomic E-state index is 13.4. The van der Waals surface area contributed by atoms with Crippen molar-refractivity contribution in [2.45, 2.75) is 13.8 Å². The Morgan fingerprint density at radius 2 is 1.81 bits per heavy atom. The second-order valence-electron chi connectivity index (χ2n) is 8.10. The molecule has 1 N–H and O–H groups in total. The molecule has 8 nitrogen and oxygen atoms in total. The molecule has 176 valence electrons. The number of hydrogen-bond donors (Lipinski definition) is 1. The predicted octanol–water partition coefficient (Wildman–Crippen LogP) is 5.56. The Kier molecular flexibility index (Phi) is 6.10. The Labute approximate surface area is 211 Å². The normalized spacial score (nSPS) is 10.7. The van der Waals surface area contributed by atoms with Crippen LogP contribution in [0.15, 0.2) is 61.1 Å². The lowest BCUT2D eigenvalue weighted by Gasteiger charge is -2.13. The van der Waals surface area contributed by atoms with Gasteiger partial charge in [0.25, 0.3) is 5.91 Å². The molecule has 0 bridgehead atoms. The fourth-order valence-corrected chi connectivity index (χ4v) is 4.73. The topological polar surface area (TPSA) is 114 Å². The molecular weight excluding hydrogens is 472 g/mol. The van der Waals surface area contributed by atoms with E-state index in [9.17, 15) is 10.1 Å². The second-order valence-corrected chi connectivity index (χ2v) is 9.13. The number of pyridine rings is 3. The van der Waals surface area contributed by atoms with Gasteiger partial charge in [-0.05, 0) is 61.9 Å². The maximum absolute atomic E-state index is 13.4. The standard InChI is InChI=1S/C27H20N6O2S/c1-15-8-18(6-7-29-15)19-11-24-25(31-13-19)32-27(36-24)33-26(34)22-14-30-16(2)9-20(22)21-10-17(12-28)4-5-23(21)35-3/h4-11,13-14H,1-3H3,(H,31,32,33,34). The molecule has 0 fully saturated rings. The zero-order chi connectivity index (χ0) is 25.2. The molecule has 0 aliphatic heterocycles. The fourth-order valence-electron chi connectivity index (χ4n) is 3.87. The highest BCUT2D eigenvalue weighted by Gasteiger charge is 2.19. The van der Waals surface area contributed by atoms with Crippen molar-refractivity contribution >= 4 is 32.7 Å². The minimum Gasteiger partial charge on any atom is -0.496 e.